The van der Waals surface area contributed by atoms with E-state index in [1.807, 2.05) is 6.92 Å². The van der Waals surface area contributed by atoms with E-state index < -0.39 is 6.10 Å². The lowest BCUT2D eigenvalue weighted by atomic mass is 10.2. The van der Waals surface area contributed by atoms with Gasteiger partial charge in [0, 0.05) is 19.6 Å². The molecule has 1 heterocycles. The molecule has 0 bridgehead atoms. The Bertz CT molecular complexity index is 264. The first-order chi connectivity index (χ1) is 6.72. The maximum absolute atomic E-state index is 9.54. The second-order valence-electron chi connectivity index (χ2n) is 3.04. The van der Waals surface area contributed by atoms with Crippen LogP contribution in [0, 0.1) is 0 Å². The SMILES string of the molecule is CCOCCC(O)Cc1nnn(C)n1. The predicted molar refractivity (Wildman–Crippen MR) is 49.6 cm³/mol. The lowest BCUT2D eigenvalue weighted by Crippen LogP contribution is -2.14. The Labute approximate surface area is 82.9 Å². The lowest BCUT2D eigenvalue weighted by molar-refractivity contribution is 0.0877. The molecule has 0 amide bonds. The molecule has 0 spiro atoms. The average Bonchev–Trinajstić information content (AvgIpc) is 2.52. The molecule has 1 unspecified atom stereocenters. The standard InChI is InChI=1S/C8H16N4O2/c1-3-14-5-4-7(13)6-8-9-11-12(2)10-8/h7,13H,3-6H2,1-2H3. The number of hydrogen-bond donors (Lipinski definition) is 1. The first-order valence-corrected chi connectivity index (χ1v) is 4.71. The van der Waals surface area contributed by atoms with Crippen molar-refractivity contribution in [3.8, 4) is 0 Å². The Morgan fingerprint density at radius 3 is 2.93 bits per heavy atom. The van der Waals surface area contributed by atoms with E-state index in [0.29, 0.717) is 31.9 Å². The zero-order valence-corrected chi connectivity index (χ0v) is 8.55. The summed E-state index contributed by atoms with van der Waals surface area (Å²) in [5.41, 5.74) is 0. The van der Waals surface area contributed by atoms with Gasteiger partial charge in [0.25, 0.3) is 0 Å². The summed E-state index contributed by atoms with van der Waals surface area (Å²) in [4.78, 5) is 1.38. The van der Waals surface area contributed by atoms with Gasteiger partial charge in [-0.1, -0.05) is 0 Å². The molecule has 0 saturated heterocycles. The molecular weight excluding hydrogens is 184 g/mol. The van der Waals surface area contributed by atoms with Crippen LogP contribution in [0.2, 0.25) is 0 Å². The van der Waals surface area contributed by atoms with Crippen LogP contribution in [0.25, 0.3) is 0 Å². The molecular formula is C8H16N4O2. The largest absolute Gasteiger partial charge is 0.393 e. The molecule has 6 heteroatoms. The summed E-state index contributed by atoms with van der Waals surface area (Å²) in [7, 11) is 1.70. The summed E-state index contributed by atoms with van der Waals surface area (Å²) in [5, 5.41) is 21.0. The van der Waals surface area contributed by atoms with Crippen molar-refractivity contribution in [2.45, 2.75) is 25.9 Å². The Morgan fingerprint density at radius 1 is 1.57 bits per heavy atom. The van der Waals surface area contributed by atoms with Crippen molar-refractivity contribution in [3.63, 3.8) is 0 Å². The number of hydrogen-bond acceptors (Lipinski definition) is 5. The van der Waals surface area contributed by atoms with Gasteiger partial charge in [0.2, 0.25) is 0 Å². The van der Waals surface area contributed by atoms with Crippen molar-refractivity contribution in [2.75, 3.05) is 13.2 Å². The van der Waals surface area contributed by atoms with Crippen LogP contribution in [-0.2, 0) is 18.2 Å². The Hall–Kier alpha value is -1.01. The first-order valence-electron chi connectivity index (χ1n) is 4.71. The monoisotopic (exact) mass is 200 g/mol. The van der Waals surface area contributed by atoms with Gasteiger partial charge in [-0.15, -0.1) is 10.2 Å². The van der Waals surface area contributed by atoms with E-state index in [4.69, 9.17) is 4.74 Å². The molecule has 1 N–H and O–H groups in total. The van der Waals surface area contributed by atoms with E-state index in [9.17, 15) is 5.11 Å². The van der Waals surface area contributed by atoms with Crippen LogP contribution in [0.3, 0.4) is 0 Å². The van der Waals surface area contributed by atoms with Gasteiger partial charge in [-0.3, -0.25) is 0 Å². The van der Waals surface area contributed by atoms with Crippen LogP contribution in [-0.4, -0.2) is 44.6 Å². The average molecular weight is 200 g/mol. The molecule has 1 aromatic rings. The van der Waals surface area contributed by atoms with Gasteiger partial charge in [-0.25, -0.2) is 0 Å². The van der Waals surface area contributed by atoms with E-state index in [-0.39, 0.29) is 0 Å². The number of aliphatic hydroxyl groups excluding tert-OH is 1. The Kier molecular flexibility index (Phi) is 4.48. The highest BCUT2D eigenvalue weighted by atomic mass is 16.5. The van der Waals surface area contributed by atoms with Gasteiger partial charge in [0.1, 0.15) is 0 Å². The number of nitrogens with zero attached hydrogens (tertiary/aromatic N) is 4. The zero-order valence-electron chi connectivity index (χ0n) is 8.55. The summed E-state index contributed by atoms with van der Waals surface area (Å²) in [6.45, 7) is 3.17. The molecule has 0 radical (unpaired) electrons. The van der Waals surface area contributed by atoms with Crippen molar-refractivity contribution in [3.05, 3.63) is 5.82 Å². The molecule has 0 aliphatic rings. The smallest absolute Gasteiger partial charge is 0.177 e. The molecule has 1 aromatic heterocycles. The lowest BCUT2D eigenvalue weighted by Gasteiger charge is -2.07. The fourth-order valence-corrected chi connectivity index (χ4v) is 1.08. The maximum Gasteiger partial charge on any atom is 0.177 e. The minimum Gasteiger partial charge on any atom is -0.393 e. The highest BCUT2D eigenvalue weighted by Gasteiger charge is 2.09. The molecule has 80 valence electrons. The predicted octanol–water partition coefficient (Wildman–Crippen LogP) is -0.460. The molecule has 6 nitrogen and oxygen atoms in total. The molecule has 0 saturated carbocycles. The number of aromatic nitrogens is 4. The molecule has 14 heavy (non-hydrogen) atoms. The van der Waals surface area contributed by atoms with E-state index in [1.165, 1.54) is 4.80 Å². The molecule has 0 aliphatic heterocycles. The number of rotatable bonds is 6. The minimum absolute atomic E-state index is 0.431. The maximum atomic E-state index is 9.54. The third-order valence-electron chi connectivity index (χ3n) is 1.77. The summed E-state index contributed by atoms with van der Waals surface area (Å²) in [6, 6.07) is 0. The van der Waals surface area contributed by atoms with Gasteiger partial charge in [-0.05, 0) is 18.6 Å². The third-order valence-corrected chi connectivity index (χ3v) is 1.77. The van der Waals surface area contributed by atoms with Gasteiger partial charge in [0.05, 0.1) is 13.2 Å². The third kappa shape index (κ3) is 3.80. The highest BCUT2D eigenvalue weighted by molar-refractivity contribution is 4.80. The first kappa shape index (κ1) is 11.1. The molecule has 0 aliphatic carbocycles. The van der Waals surface area contributed by atoms with Gasteiger partial charge < -0.3 is 9.84 Å². The van der Waals surface area contributed by atoms with Crippen LogP contribution >= 0.6 is 0 Å². The Balaban J connectivity index is 2.23. The molecule has 1 atom stereocenters. The second-order valence-corrected chi connectivity index (χ2v) is 3.04. The highest BCUT2D eigenvalue weighted by Crippen LogP contribution is 1.99. The number of ether oxygens (including phenoxy) is 1. The van der Waals surface area contributed by atoms with E-state index >= 15 is 0 Å². The number of aliphatic hydroxyl groups is 1. The van der Waals surface area contributed by atoms with Crippen molar-refractivity contribution >= 4 is 0 Å². The van der Waals surface area contributed by atoms with E-state index in [1.54, 1.807) is 7.05 Å². The summed E-state index contributed by atoms with van der Waals surface area (Å²) in [6.07, 6.45) is 0.582. The molecule has 0 fully saturated rings. The number of aryl methyl sites for hydroxylation is 1. The topological polar surface area (TPSA) is 73.1 Å². The molecule has 0 aromatic carbocycles. The zero-order chi connectivity index (χ0) is 10.4. The normalized spacial score (nSPS) is 13.1. The van der Waals surface area contributed by atoms with Crippen molar-refractivity contribution in [2.24, 2.45) is 7.05 Å². The van der Waals surface area contributed by atoms with Gasteiger partial charge in [-0.2, -0.15) is 4.80 Å². The summed E-state index contributed by atoms with van der Waals surface area (Å²) >= 11 is 0. The fourth-order valence-electron chi connectivity index (χ4n) is 1.08. The second kappa shape index (κ2) is 5.66. The van der Waals surface area contributed by atoms with Crippen molar-refractivity contribution in [1.82, 2.24) is 20.2 Å². The van der Waals surface area contributed by atoms with Crippen LogP contribution < -0.4 is 0 Å². The van der Waals surface area contributed by atoms with Crippen LogP contribution in [0.15, 0.2) is 0 Å². The number of tetrazole rings is 1. The van der Waals surface area contributed by atoms with E-state index in [2.05, 4.69) is 15.4 Å². The molecule has 1 rings (SSSR count). The van der Waals surface area contributed by atoms with Crippen LogP contribution in [0.1, 0.15) is 19.2 Å². The minimum atomic E-state index is -0.453. The van der Waals surface area contributed by atoms with Crippen molar-refractivity contribution in [1.29, 1.82) is 0 Å². The van der Waals surface area contributed by atoms with Crippen LogP contribution in [0.5, 0.6) is 0 Å². The quantitative estimate of drug-likeness (QED) is 0.629. The van der Waals surface area contributed by atoms with Gasteiger partial charge in [0.15, 0.2) is 5.82 Å². The fraction of sp³-hybridized carbons (Fsp3) is 0.875. The van der Waals surface area contributed by atoms with Crippen molar-refractivity contribution < 1.29 is 9.84 Å². The van der Waals surface area contributed by atoms with E-state index in [0.717, 1.165) is 0 Å². The summed E-state index contributed by atoms with van der Waals surface area (Å²) in [5.74, 6) is 0.566. The van der Waals surface area contributed by atoms with Gasteiger partial charge >= 0.3 is 0 Å². The van der Waals surface area contributed by atoms with Crippen LogP contribution in [0.4, 0.5) is 0 Å². The Morgan fingerprint density at radius 2 is 2.36 bits per heavy atom. The summed E-state index contributed by atoms with van der Waals surface area (Å²) < 4.78 is 5.13.